The minimum atomic E-state index is -0.157. The third-order valence-corrected chi connectivity index (χ3v) is 4.09. The Balaban J connectivity index is 1.62. The van der Waals surface area contributed by atoms with Crippen LogP contribution in [-0.2, 0) is 17.8 Å². The Labute approximate surface area is 135 Å². The molecular formula is C17H22N4O2. The molecule has 0 bridgehead atoms. The Kier molecular flexibility index (Phi) is 4.62. The first-order valence-electron chi connectivity index (χ1n) is 7.91. The topological polar surface area (TPSA) is 79.2 Å². The number of fused-ring (bicyclic) bond motifs is 1. The Morgan fingerprint density at radius 2 is 2.35 bits per heavy atom. The van der Waals surface area contributed by atoms with E-state index in [1.807, 2.05) is 6.20 Å². The first-order chi connectivity index (χ1) is 11.2. The van der Waals surface area contributed by atoms with E-state index in [1.54, 1.807) is 10.9 Å². The van der Waals surface area contributed by atoms with Crippen LogP contribution in [0, 0.1) is 6.92 Å². The van der Waals surface area contributed by atoms with Gasteiger partial charge >= 0.3 is 0 Å². The number of anilines is 1. The van der Waals surface area contributed by atoms with E-state index in [4.69, 9.17) is 5.11 Å². The van der Waals surface area contributed by atoms with Gasteiger partial charge in [0.25, 0.3) is 0 Å². The maximum Gasteiger partial charge on any atom is 0.241 e. The molecule has 1 aliphatic rings. The third-order valence-electron chi connectivity index (χ3n) is 4.09. The van der Waals surface area contributed by atoms with Crippen LogP contribution >= 0.6 is 0 Å². The molecule has 0 aliphatic heterocycles. The summed E-state index contributed by atoms with van der Waals surface area (Å²) in [6, 6.07) is 6.91. The minimum Gasteiger partial charge on any atom is -0.395 e. The molecule has 0 fully saturated rings. The lowest BCUT2D eigenvalue weighted by Gasteiger charge is -2.14. The second kappa shape index (κ2) is 6.83. The lowest BCUT2D eigenvalue weighted by atomic mass is 10.1. The monoisotopic (exact) mass is 314 g/mol. The molecule has 6 heteroatoms. The van der Waals surface area contributed by atoms with Gasteiger partial charge < -0.3 is 15.7 Å². The van der Waals surface area contributed by atoms with E-state index in [1.165, 1.54) is 16.7 Å². The van der Waals surface area contributed by atoms with Gasteiger partial charge in [-0.15, -0.1) is 0 Å². The highest BCUT2D eigenvalue weighted by molar-refractivity contribution is 5.75. The number of aryl methyl sites for hydroxylation is 2. The number of hydrogen-bond acceptors (Lipinski definition) is 4. The summed E-state index contributed by atoms with van der Waals surface area (Å²) in [7, 11) is 0. The van der Waals surface area contributed by atoms with Crippen molar-refractivity contribution in [2.45, 2.75) is 32.4 Å². The van der Waals surface area contributed by atoms with E-state index in [2.05, 4.69) is 40.9 Å². The summed E-state index contributed by atoms with van der Waals surface area (Å²) >= 11 is 0. The number of amides is 1. The number of aromatic nitrogens is 2. The number of nitrogens with zero attached hydrogens (tertiary/aromatic N) is 2. The first-order valence-corrected chi connectivity index (χ1v) is 7.91. The average Bonchev–Trinajstić information content (AvgIpc) is 3.13. The molecule has 1 aromatic heterocycles. The van der Waals surface area contributed by atoms with E-state index in [0.29, 0.717) is 6.04 Å². The SMILES string of the molecule is Cc1ccc2c(c1)C(Nc1cnn(CC(=O)NCCO)c1)CC2. The highest BCUT2D eigenvalue weighted by Gasteiger charge is 2.22. The zero-order valence-electron chi connectivity index (χ0n) is 13.2. The van der Waals surface area contributed by atoms with Crippen molar-refractivity contribution in [2.75, 3.05) is 18.5 Å². The van der Waals surface area contributed by atoms with E-state index in [0.717, 1.165) is 18.5 Å². The van der Waals surface area contributed by atoms with Crippen molar-refractivity contribution in [3.63, 3.8) is 0 Å². The van der Waals surface area contributed by atoms with Gasteiger partial charge in [-0.2, -0.15) is 5.10 Å². The van der Waals surface area contributed by atoms with Crippen LogP contribution in [0.15, 0.2) is 30.6 Å². The highest BCUT2D eigenvalue weighted by atomic mass is 16.3. The molecule has 6 nitrogen and oxygen atoms in total. The summed E-state index contributed by atoms with van der Waals surface area (Å²) in [5.74, 6) is -0.157. The number of aliphatic hydroxyl groups is 1. The molecule has 3 N–H and O–H groups in total. The Morgan fingerprint density at radius 3 is 3.17 bits per heavy atom. The fourth-order valence-electron chi connectivity index (χ4n) is 3.00. The normalized spacial score (nSPS) is 16.2. The Hall–Kier alpha value is -2.34. The molecule has 0 radical (unpaired) electrons. The maximum atomic E-state index is 11.6. The molecular weight excluding hydrogens is 292 g/mol. The van der Waals surface area contributed by atoms with Crippen molar-refractivity contribution in [2.24, 2.45) is 0 Å². The molecule has 1 aliphatic carbocycles. The predicted molar refractivity (Wildman–Crippen MR) is 88.2 cm³/mol. The number of rotatable bonds is 6. The van der Waals surface area contributed by atoms with Crippen LogP contribution in [0.4, 0.5) is 5.69 Å². The largest absolute Gasteiger partial charge is 0.395 e. The van der Waals surface area contributed by atoms with Crippen LogP contribution < -0.4 is 10.6 Å². The van der Waals surface area contributed by atoms with Gasteiger partial charge in [0.05, 0.1) is 24.5 Å². The summed E-state index contributed by atoms with van der Waals surface area (Å²) in [6.07, 6.45) is 5.74. The van der Waals surface area contributed by atoms with Crippen molar-refractivity contribution in [3.05, 3.63) is 47.3 Å². The number of benzene rings is 1. The van der Waals surface area contributed by atoms with Gasteiger partial charge in [-0.1, -0.05) is 23.8 Å². The molecule has 1 aromatic carbocycles. The maximum absolute atomic E-state index is 11.6. The molecule has 3 rings (SSSR count). The summed E-state index contributed by atoms with van der Waals surface area (Å²) in [6.45, 7) is 2.47. The molecule has 23 heavy (non-hydrogen) atoms. The van der Waals surface area contributed by atoms with Gasteiger partial charge in [-0.05, 0) is 30.9 Å². The van der Waals surface area contributed by atoms with Crippen LogP contribution in [0.25, 0.3) is 0 Å². The van der Waals surface area contributed by atoms with E-state index >= 15 is 0 Å². The van der Waals surface area contributed by atoms with Crippen molar-refractivity contribution in [1.29, 1.82) is 0 Å². The fraction of sp³-hybridized carbons (Fsp3) is 0.412. The van der Waals surface area contributed by atoms with Gasteiger partial charge in [0.1, 0.15) is 6.54 Å². The van der Waals surface area contributed by atoms with Crippen LogP contribution in [0.1, 0.15) is 29.2 Å². The number of aliphatic hydroxyl groups excluding tert-OH is 1. The number of carbonyl (C=O) groups is 1. The average molecular weight is 314 g/mol. The van der Waals surface area contributed by atoms with Gasteiger partial charge in [-0.3, -0.25) is 9.48 Å². The van der Waals surface area contributed by atoms with Crippen LogP contribution in [-0.4, -0.2) is 33.9 Å². The standard InChI is InChI=1S/C17H22N4O2/c1-12-2-3-13-4-5-16(15(13)8-12)20-14-9-19-21(10-14)11-17(23)18-6-7-22/h2-3,8-10,16,20,22H,4-7,11H2,1H3,(H,18,23). The van der Waals surface area contributed by atoms with E-state index in [-0.39, 0.29) is 25.6 Å². The molecule has 1 amide bonds. The highest BCUT2D eigenvalue weighted by Crippen LogP contribution is 2.34. The number of carbonyl (C=O) groups excluding carboxylic acids is 1. The Morgan fingerprint density at radius 1 is 1.48 bits per heavy atom. The van der Waals surface area contributed by atoms with Crippen LogP contribution in [0.2, 0.25) is 0 Å². The smallest absolute Gasteiger partial charge is 0.241 e. The quantitative estimate of drug-likeness (QED) is 0.753. The molecule has 1 atom stereocenters. The van der Waals surface area contributed by atoms with Gasteiger partial charge in [-0.25, -0.2) is 0 Å². The second-order valence-electron chi connectivity index (χ2n) is 5.94. The van der Waals surface area contributed by atoms with Gasteiger partial charge in [0.15, 0.2) is 0 Å². The number of nitrogens with one attached hydrogen (secondary N) is 2. The van der Waals surface area contributed by atoms with Crippen molar-refractivity contribution in [3.8, 4) is 0 Å². The third kappa shape index (κ3) is 3.71. The second-order valence-corrected chi connectivity index (χ2v) is 5.94. The molecule has 1 unspecified atom stereocenters. The lowest BCUT2D eigenvalue weighted by molar-refractivity contribution is -0.122. The minimum absolute atomic E-state index is 0.0574. The van der Waals surface area contributed by atoms with Crippen molar-refractivity contribution < 1.29 is 9.90 Å². The van der Waals surface area contributed by atoms with Gasteiger partial charge in [0, 0.05) is 12.7 Å². The molecule has 0 spiro atoms. The summed E-state index contributed by atoms with van der Waals surface area (Å²) in [4.78, 5) is 11.6. The zero-order valence-corrected chi connectivity index (χ0v) is 13.2. The summed E-state index contributed by atoms with van der Waals surface area (Å²) in [5, 5.41) is 19.0. The molecule has 122 valence electrons. The Bertz CT molecular complexity index is 696. The molecule has 2 aromatic rings. The molecule has 0 saturated carbocycles. The molecule has 0 saturated heterocycles. The van der Waals surface area contributed by atoms with Crippen molar-refractivity contribution >= 4 is 11.6 Å². The summed E-state index contributed by atoms with van der Waals surface area (Å²) in [5.41, 5.74) is 4.95. The van der Waals surface area contributed by atoms with E-state index < -0.39 is 0 Å². The predicted octanol–water partition coefficient (Wildman–Crippen LogP) is 1.40. The van der Waals surface area contributed by atoms with Crippen LogP contribution in [0.3, 0.4) is 0 Å². The lowest BCUT2D eigenvalue weighted by Crippen LogP contribution is -2.30. The first kappa shape index (κ1) is 15.6. The molecule has 1 heterocycles. The number of hydrogen-bond donors (Lipinski definition) is 3. The van der Waals surface area contributed by atoms with Crippen molar-refractivity contribution in [1.82, 2.24) is 15.1 Å². The van der Waals surface area contributed by atoms with E-state index in [9.17, 15) is 4.79 Å². The van der Waals surface area contributed by atoms with Crippen LogP contribution in [0.5, 0.6) is 0 Å². The van der Waals surface area contributed by atoms with Gasteiger partial charge in [0.2, 0.25) is 5.91 Å². The zero-order chi connectivity index (χ0) is 16.2. The summed E-state index contributed by atoms with van der Waals surface area (Å²) < 4.78 is 1.60. The fourth-order valence-corrected chi connectivity index (χ4v) is 3.00.